The van der Waals surface area contributed by atoms with Crippen molar-refractivity contribution in [3.8, 4) is 0 Å². The first kappa shape index (κ1) is 19.1. The molecule has 3 rings (SSSR count). The number of nitrogens with zero attached hydrogens (tertiary/aromatic N) is 3. The van der Waals surface area contributed by atoms with Crippen LogP contribution in [0.1, 0.15) is 22.7 Å². The van der Waals surface area contributed by atoms with Gasteiger partial charge in [-0.15, -0.1) is 0 Å². The van der Waals surface area contributed by atoms with E-state index >= 15 is 0 Å². The number of aromatic nitrogens is 2. The van der Waals surface area contributed by atoms with E-state index in [4.69, 9.17) is 0 Å². The van der Waals surface area contributed by atoms with Crippen LogP contribution in [0.15, 0.2) is 73.3 Å². The first-order valence-corrected chi connectivity index (χ1v) is 8.67. The molecule has 0 saturated carbocycles. The molecule has 0 radical (unpaired) electrons. The van der Waals surface area contributed by atoms with Crippen LogP contribution in [0.4, 0.5) is 5.69 Å². The van der Waals surface area contributed by atoms with Crippen LogP contribution in [-0.2, 0) is 17.9 Å². The van der Waals surface area contributed by atoms with Crippen LogP contribution >= 0.6 is 0 Å². The second kappa shape index (κ2) is 9.33. The zero-order chi connectivity index (χ0) is 19.8. The highest BCUT2D eigenvalue weighted by atomic mass is 16.6. The van der Waals surface area contributed by atoms with Crippen LogP contribution in [0.3, 0.4) is 0 Å². The van der Waals surface area contributed by atoms with Gasteiger partial charge in [-0.1, -0.05) is 18.2 Å². The highest BCUT2D eigenvalue weighted by Gasteiger charge is 2.22. The second-order valence-corrected chi connectivity index (χ2v) is 6.10. The van der Waals surface area contributed by atoms with E-state index in [1.165, 1.54) is 12.1 Å². The summed E-state index contributed by atoms with van der Waals surface area (Å²) in [6.07, 6.45) is 6.68. The van der Waals surface area contributed by atoms with E-state index < -0.39 is 11.0 Å². The number of non-ortho nitro benzene ring substituents is 1. The average molecular weight is 377 g/mol. The van der Waals surface area contributed by atoms with Gasteiger partial charge in [0.15, 0.2) is 0 Å². The van der Waals surface area contributed by atoms with Crippen molar-refractivity contribution in [3.05, 3.63) is 100 Å². The Morgan fingerprint density at radius 1 is 1.00 bits per heavy atom. The normalized spacial score (nSPS) is 11.6. The van der Waals surface area contributed by atoms with Gasteiger partial charge in [0.05, 0.1) is 4.92 Å². The van der Waals surface area contributed by atoms with Crippen LogP contribution in [0.5, 0.6) is 0 Å². The number of hydrogen-bond donors (Lipinski definition) is 2. The van der Waals surface area contributed by atoms with E-state index in [1.54, 1.807) is 36.9 Å². The number of carbonyl (C=O) groups is 1. The lowest BCUT2D eigenvalue weighted by atomic mass is 10.0. The summed E-state index contributed by atoms with van der Waals surface area (Å²) in [4.78, 5) is 31.5. The molecule has 2 aromatic heterocycles. The zero-order valence-corrected chi connectivity index (χ0v) is 15.0. The molecule has 1 aromatic carbocycles. The number of rotatable bonds is 8. The van der Waals surface area contributed by atoms with Gasteiger partial charge in [-0.3, -0.25) is 30.2 Å². The Morgan fingerprint density at radius 3 is 2.54 bits per heavy atom. The number of hydrogen-bond acceptors (Lipinski definition) is 6. The van der Waals surface area contributed by atoms with Gasteiger partial charge in [0.25, 0.3) is 5.69 Å². The number of pyridine rings is 2. The van der Waals surface area contributed by atoms with Crippen molar-refractivity contribution in [1.82, 2.24) is 20.6 Å². The predicted octanol–water partition coefficient (Wildman–Crippen LogP) is 2.53. The van der Waals surface area contributed by atoms with E-state index in [0.717, 1.165) is 11.1 Å². The van der Waals surface area contributed by atoms with Gasteiger partial charge in [0.2, 0.25) is 5.91 Å². The van der Waals surface area contributed by atoms with Crippen LogP contribution in [0.25, 0.3) is 0 Å². The third kappa shape index (κ3) is 5.18. The Balaban J connectivity index is 1.77. The molecule has 142 valence electrons. The lowest BCUT2D eigenvalue weighted by molar-refractivity contribution is -0.384. The molecule has 2 N–H and O–H groups in total. The quantitative estimate of drug-likeness (QED) is 0.461. The van der Waals surface area contributed by atoms with E-state index in [1.807, 2.05) is 24.3 Å². The van der Waals surface area contributed by atoms with Crippen LogP contribution in [-0.4, -0.2) is 20.8 Å². The summed E-state index contributed by atoms with van der Waals surface area (Å²) in [7, 11) is 0. The van der Waals surface area contributed by atoms with E-state index in [0.29, 0.717) is 18.7 Å². The molecule has 0 aliphatic heterocycles. The van der Waals surface area contributed by atoms with E-state index in [9.17, 15) is 14.9 Å². The van der Waals surface area contributed by atoms with Crippen LogP contribution < -0.4 is 10.6 Å². The van der Waals surface area contributed by atoms with Crippen molar-refractivity contribution in [1.29, 1.82) is 0 Å². The molecule has 3 aromatic rings. The molecule has 28 heavy (non-hydrogen) atoms. The van der Waals surface area contributed by atoms with Gasteiger partial charge in [0.1, 0.15) is 6.04 Å². The van der Waals surface area contributed by atoms with Crippen molar-refractivity contribution in [2.24, 2.45) is 0 Å². The average Bonchev–Trinajstić information content (AvgIpc) is 2.74. The molecular weight excluding hydrogens is 358 g/mol. The predicted molar refractivity (Wildman–Crippen MR) is 103 cm³/mol. The van der Waals surface area contributed by atoms with Gasteiger partial charge in [0, 0.05) is 50.0 Å². The molecule has 1 amide bonds. The summed E-state index contributed by atoms with van der Waals surface area (Å²) in [6, 6.07) is 12.6. The zero-order valence-electron chi connectivity index (χ0n) is 15.0. The molecule has 1 atom stereocenters. The van der Waals surface area contributed by atoms with Crippen molar-refractivity contribution < 1.29 is 9.72 Å². The lowest BCUT2D eigenvalue weighted by Crippen LogP contribution is -2.37. The topological polar surface area (TPSA) is 110 Å². The van der Waals surface area contributed by atoms with Crippen LogP contribution in [0.2, 0.25) is 0 Å². The maximum absolute atomic E-state index is 12.8. The summed E-state index contributed by atoms with van der Waals surface area (Å²) < 4.78 is 0. The molecular formula is C20H19N5O3. The Hall–Kier alpha value is -3.65. The summed E-state index contributed by atoms with van der Waals surface area (Å²) in [5.74, 6) is -0.277. The number of benzene rings is 1. The molecule has 8 heteroatoms. The minimum atomic E-state index is -0.748. The second-order valence-electron chi connectivity index (χ2n) is 6.10. The van der Waals surface area contributed by atoms with E-state index in [-0.39, 0.29) is 11.6 Å². The molecule has 8 nitrogen and oxygen atoms in total. The fraction of sp³-hybridized carbons (Fsp3) is 0.150. The van der Waals surface area contributed by atoms with Gasteiger partial charge in [-0.2, -0.15) is 0 Å². The monoisotopic (exact) mass is 377 g/mol. The lowest BCUT2D eigenvalue weighted by Gasteiger charge is -2.19. The van der Waals surface area contributed by atoms with Gasteiger partial charge < -0.3 is 5.32 Å². The summed E-state index contributed by atoms with van der Waals surface area (Å²) in [5, 5.41) is 17.1. The Kier molecular flexibility index (Phi) is 6.37. The van der Waals surface area contributed by atoms with Crippen molar-refractivity contribution in [2.75, 3.05) is 0 Å². The number of nitrogens with one attached hydrogen (secondary N) is 2. The molecule has 2 heterocycles. The Morgan fingerprint density at radius 2 is 1.82 bits per heavy atom. The number of carbonyl (C=O) groups excluding carboxylic acids is 1. The van der Waals surface area contributed by atoms with E-state index in [2.05, 4.69) is 20.6 Å². The first-order chi connectivity index (χ1) is 13.6. The van der Waals surface area contributed by atoms with Crippen molar-refractivity contribution in [3.63, 3.8) is 0 Å². The number of amides is 1. The minimum absolute atomic E-state index is 0.0624. The Labute approximate surface area is 161 Å². The largest absolute Gasteiger partial charge is 0.350 e. The highest BCUT2D eigenvalue weighted by Crippen LogP contribution is 2.20. The smallest absolute Gasteiger partial charge is 0.269 e. The van der Waals surface area contributed by atoms with Gasteiger partial charge >= 0.3 is 0 Å². The molecule has 0 saturated heterocycles. The molecule has 0 aliphatic carbocycles. The molecule has 0 bridgehead atoms. The summed E-state index contributed by atoms with van der Waals surface area (Å²) in [5.41, 5.74) is 2.27. The van der Waals surface area contributed by atoms with Gasteiger partial charge in [-0.05, 0) is 34.9 Å². The minimum Gasteiger partial charge on any atom is -0.350 e. The third-order valence-electron chi connectivity index (χ3n) is 4.13. The molecule has 0 spiro atoms. The maximum Gasteiger partial charge on any atom is 0.269 e. The highest BCUT2D eigenvalue weighted by molar-refractivity contribution is 5.83. The molecule has 0 fully saturated rings. The SMILES string of the molecule is O=C(NCc1ccncc1)C(NCc1cccnc1)c1cccc([N+](=O)[O-])c1. The number of nitro groups is 1. The number of nitro benzene ring substituents is 1. The Bertz CT molecular complexity index is 935. The van der Waals surface area contributed by atoms with Gasteiger partial charge in [-0.25, -0.2) is 0 Å². The van der Waals surface area contributed by atoms with Crippen molar-refractivity contribution >= 4 is 11.6 Å². The third-order valence-corrected chi connectivity index (χ3v) is 4.13. The fourth-order valence-electron chi connectivity index (χ4n) is 2.69. The maximum atomic E-state index is 12.8. The fourth-order valence-corrected chi connectivity index (χ4v) is 2.69. The molecule has 1 unspecified atom stereocenters. The molecule has 0 aliphatic rings. The standard InChI is InChI=1S/C20H19N5O3/c26-20(24-13-15-6-9-21-10-7-15)19(23-14-16-3-2-8-22-12-16)17-4-1-5-18(11-17)25(27)28/h1-12,19,23H,13-14H2,(H,24,26). The first-order valence-electron chi connectivity index (χ1n) is 8.67. The summed E-state index contributed by atoms with van der Waals surface area (Å²) in [6.45, 7) is 0.727. The van der Waals surface area contributed by atoms with Crippen molar-refractivity contribution in [2.45, 2.75) is 19.1 Å². The summed E-state index contributed by atoms with van der Waals surface area (Å²) >= 11 is 0. The van der Waals surface area contributed by atoms with Crippen LogP contribution in [0, 0.1) is 10.1 Å².